The molecule has 1 aromatic carbocycles. The maximum absolute atomic E-state index is 13.0. The van der Waals surface area contributed by atoms with E-state index < -0.39 is 0 Å². The molecule has 1 aliphatic rings. The summed E-state index contributed by atoms with van der Waals surface area (Å²) in [5.74, 6) is 0.0715. The van der Waals surface area contributed by atoms with E-state index in [2.05, 4.69) is 5.10 Å². The molecule has 116 valence electrons. The third kappa shape index (κ3) is 3.04. The number of aromatic nitrogens is 2. The van der Waals surface area contributed by atoms with Crippen LogP contribution in [-0.2, 0) is 17.9 Å². The molecular weight excluding hydrogens is 276 g/mol. The van der Waals surface area contributed by atoms with Gasteiger partial charge in [0.2, 0.25) is 5.91 Å². The first-order valence-electron chi connectivity index (χ1n) is 7.84. The van der Waals surface area contributed by atoms with Gasteiger partial charge in [-0.2, -0.15) is 5.10 Å². The van der Waals surface area contributed by atoms with Gasteiger partial charge in [0.15, 0.2) is 0 Å². The van der Waals surface area contributed by atoms with Gasteiger partial charge in [-0.15, -0.1) is 0 Å². The summed E-state index contributed by atoms with van der Waals surface area (Å²) in [6, 6.07) is 12.0. The van der Waals surface area contributed by atoms with Gasteiger partial charge in [0.1, 0.15) is 0 Å². The summed E-state index contributed by atoms with van der Waals surface area (Å²) in [6.45, 7) is 2.58. The Morgan fingerprint density at radius 3 is 2.91 bits per heavy atom. The second-order valence-electron chi connectivity index (χ2n) is 5.71. The molecule has 1 amide bonds. The lowest BCUT2D eigenvalue weighted by molar-refractivity contribution is -0.134. The van der Waals surface area contributed by atoms with Gasteiger partial charge in [-0.1, -0.05) is 30.3 Å². The van der Waals surface area contributed by atoms with Crippen LogP contribution in [0.4, 0.5) is 0 Å². The van der Waals surface area contributed by atoms with Gasteiger partial charge >= 0.3 is 0 Å². The summed E-state index contributed by atoms with van der Waals surface area (Å²) >= 11 is 0. The fraction of sp³-hybridized carbons (Fsp3) is 0.412. The van der Waals surface area contributed by atoms with Crippen molar-refractivity contribution >= 4 is 5.91 Å². The zero-order valence-corrected chi connectivity index (χ0v) is 12.7. The van der Waals surface area contributed by atoms with Crippen molar-refractivity contribution in [2.24, 2.45) is 5.73 Å². The Labute approximate surface area is 130 Å². The number of hydrogen-bond donors (Lipinski definition) is 1. The van der Waals surface area contributed by atoms with Crippen molar-refractivity contribution in [3.63, 3.8) is 0 Å². The molecule has 0 spiro atoms. The Bertz CT molecular complexity index is 623. The number of hydrogen-bond acceptors (Lipinski definition) is 3. The van der Waals surface area contributed by atoms with Gasteiger partial charge in [-0.25, -0.2) is 0 Å². The van der Waals surface area contributed by atoms with Crippen molar-refractivity contribution in [1.29, 1.82) is 0 Å². The van der Waals surface area contributed by atoms with E-state index in [-0.39, 0.29) is 11.8 Å². The van der Waals surface area contributed by atoms with Crippen LogP contribution in [0.15, 0.2) is 42.6 Å². The number of aryl methyl sites for hydroxylation is 1. The molecule has 0 bridgehead atoms. The van der Waals surface area contributed by atoms with Crippen LogP contribution in [0.25, 0.3) is 0 Å². The number of nitrogens with two attached hydrogens (primary N) is 1. The highest BCUT2D eigenvalue weighted by atomic mass is 16.2. The van der Waals surface area contributed by atoms with Crippen LogP contribution in [-0.4, -0.2) is 33.7 Å². The first kappa shape index (κ1) is 14.8. The lowest BCUT2D eigenvalue weighted by Crippen LogP contribution is -2.39. The fourth-order valence-corrected chi connectivity index (χ4v) is 3.12. The van der Waals surface area contributed by atoms with E-state index in [1.165, 1.54) is 0 Å². The predicted molar refractivity (Wildman–Crippen MR) is 85.1 cm³/mol. The molecule has 22 heavy (non-hydrogen) atoms. The molecular formula is C17H22N4O. The highest BCUT2D eigenvalue weighted by Gasteiger charge is 2.30. The zero-order chi connectivity index (χ0) is 15.4. The average Bonchev–Trinajstić information content (AvgIpc) is 3.03. The summed E-state index contributed by atoms with van der Waals surface area (Å²) < 4.78 is 1.95. The molecule has 1 aliphatic heterocycles. The maximum Gasteiger partial charge on any atom is 0.232 e. The monoisotopic (exact) mass is 298 g/mol. The van der Waals surface area contributed by atoms with Gasteiger partial charge in [0, 0.05) is 32.4 Å². The number of rotatable bonds is 5. The molecule has 2 heterocycles. The Hall–Kier alpha value is -2.14. The summed E-state index contributed by atoms with van der Waals surface area (Å²) in [4.78, 5) is 14.9. The maximum atomic E-state index is 13.0. The molecule has 5 nitrogen and oxygen atoms in total. The second kappa shape index (κ2) is 6.75. The third-order valence-electron chi connectivity index (χ3n) is 4.19. The Morgan fingerprint density at radius 1 is 1.32 bits per heavy atom. The van der Waals surface area contributed by atoms with Crippen LogP contribution in [0.1, 0.15) is 30.0 Å². The first-order valence-corrected chi connectivity index (χ1v) is 7.84. The molecule has 1 atom stereocenters. The van der Waals surface area contributed by atoms with Crippen LogP contribution in [0.2, 0.25) is 0 Å². The molecule has 0 fully saturated rings. The van der Waals surface area contributed by atoms with Gasteiger partial charge in [0.05, 0.1) is 11.6 Å². The number of benzene rings is 1. The molecule has 1 unspecified atom stereocenters. The van der Waals surface area contributed by atoms with Crippen LogP contribution in [0.5, 0.6) is 0 Å². The lowest BCUT2D eigenvalue weighted by atomic mass is 9.94. The van der Waals surface area contributed by atoms with Crippen LogP contribution in [0.3, 0.4) is 0 Å². The van der Waals surface area contributed by atoms with Crippen LogP contribution in [0, 0.1) is 0 Å². The summed E-state index contributed by atoms with van der Waals surface area (Å²) in [5.41, 5.74) is 7.88. The molecule has 0 saturated heterocycles. The normalized spacial score (nSPS) is 17.0. The molecule has 2 aromatic rings. The van der Waals surface area contributed by atoms with E-state index in [0.717, 1.165) is 30.6 Å². The zero-order valence-electron chi connectivity index (χ0n) is 12.7. The largest absolute Gasteiger partial charge is 0.337 e. The van der Waals surface area contributed by atoms with Crippen molar-refractivity contribution in [2.75, 3.05) is 13.1 Å². The summed E-state index contributed by atoms with van der Waals surface area (Å²) in [7, 11) is 0. The van der Waals surface area contributed by atoms with Gasteiger partial charge in [-0.3, -0.25) is 9.48 Å². The lowest BCUT2D eigenvalue weighted by Gasteiger charge is -2.29. The quantitative estimate of drug-likeness (QED) is 0.914. The summed E-state index contributed by atoms with van der Waals surface area (Å²) in [6.07, 6.45) is 3.67. The van der Waals surface area contributed by atoms with Gasteiger partial charge < -0.3 is 10.6 Å². The minimum atomic E-state index is -0.0912. The fourth-order valence-electron chi connectivity index (χ4n) is 3.12. The van der Waals surface area contributed by atoms with E-state index in [4.69, 9.17) is 5.73 Å². The van der Waals surface area contributed by atoms with Crippen molar-refractivity contribution in [2.45, 2.75) is 31.8 Å². The van der Waals surface area contributed by atoms with E-state index in [0.29, 0.717) is 19.6 Å². The highest BCUT2D eigenvalue weighted by Crippen LogP contribution is 2.28. The molecule has 0 saturated carbocycles. The minimum absolute atomic E-state index is 0.0912. The van der Waals surface area contributed by atoms with Crippen LogP contribution < -0.4 is 5.73 Å². The smallest absolute Gasteiger partial charge is 0.232 e. The number of nitrogens with zero attached hydrogens (tertiary/aromatic N) is 3. The summed E-state index contributed by atoms with van der Waals surface area (Å²) in [5, 5.41) is 4.30. The van der Waals surface area contributed by atoms with Crippen molar-refractivity contribution in [1.82, 2.24) is 14.7 Å². The first-order chi connectivity index (χ1) is 10.8. The standard InChI is InChI=1S/C17H22N4O/c18-9-12-20(13-14-5-2-1-3-6-14)17(22)15-7-4-11-21-16(15)8-10-19-21/h1-3,5-6,8,10,15H,4,7,9,11-13,18H2. The highest BCUT2D eigenvalue weighted by molar-refractivity contribution is 5.83. The Balaban J connectivity index is 1.79. The topological polar surface area (TPSA) is 64.2 Å². The third-order valence-corrected chi connectivity index (χ3v) is 4.19. The minimum Gasteiger partial charge on any atom is -0.337 e. The molecule has 0 radical (unpaired) electrons. The van der Waals surface area contributed by atoms with Crippen LogP contribution >= 0.6 is 0 Å². The number of amides is 1. The van der Waals surface area contributed by atoms with Gasteiger partial charge in [0.25, 0.3) is 0 Å². The molecule has 2 N–H and O–H groups in total. The van der Waals surface area contributed by atoms with E-state index in [9.17, 15) is 4.79 Å². The Kier molecular flexibility index (Phi) is 4.53. The second-order valence-corrected chi connectivity index (χ2v) is 5.71. The van der Waals surface area contributed by atoms with Crippen molar-refractivity contribution in [3.8, 4) is 0 Å². The molecule has 3 rings (SSSR count). The Morgan fingerprint density at radius 2 is 2.14 bits per heavy atom. The number of carbonyl (C=O) groups is 1. The van der Waals surface area contributed by atoms with E-state index >= 15 is 0 Å². The molecule has 5 heteroatoms. The van der Waals surface area contributed by atoms with E-state index in [1.807, 2.05) is 46.0 Å². The SMILES string of the molecule is NCCN(Cc1ccccc1)C(=O)C1CCCn2nccc21. The van der Waals surface area contributed by atoms with Crippen molar-refractivity contribution < 1.29 is 4.79 Å². The van der Waals surface area contributed by atoms with E-state index in [1.54, 1.807) is 6.20 Å². The predicted octanol–water partition coefficient (Wildman–Crippen LogP) is 1.75. The number of fused-ring (bicyclic) bond motifs is 1. The van der Waals surface area contributed by atoms with Gasteiger partial charge in [-0.05, 0) is 24.5 Å². The number of carbonyl (C=O) groups excluding carboxylic acids is 1. The average molecular weight is 298 g/mol. The molecule has 1 aromatic heterocycles. The molecule has 0 aliphatic carbocycles. The van der Waals surface area contributed by atoms with Crippen molar-refractivity contribution in [3.05, 3.63) is 53.9 Å².